The predicted molar refractivity (Wildman–Crippen MR) is 74.5 cm³/mol. The summed E-state index contributed by atoms with van der Waals surface area (Å²) in [4.78, 5) is 0. The van der Waals surface area contributed by atoms with Crippen LogP contribution in [0.2, 0.25) is 0 Å². The Bertz CT molecular complexity index is 458. The number of rotatable bonds is 4. The van der Waals surface area contributed by atoms with E-state index in [-0.39, 0.29) is 5.92 Å². The maximum atomic E-state index is 9.57. The summed E-state index contributed by atoms with van der Waals surface area (Å²) in [5, 5.41) is 9.57. The molecule has 1 saturated carbocycles. The third-order valence-corrected chi connectivity index (χ3v) is 4.03. The quantitative estimate of drug-likeness (QED) is 0.823. The molecule has 0 amide bonds. The van der Waals surface area contributed by atoms with Crippen molar-refractivity contribution in [2.45, 2.75) is 38.0 Å². The number of hydrogen-bond acceptors (Lipinski definition) is 3. The minimum Gasteiger partial charge on any atom is -0.497 e. The third-order valence-electron chi connectivity index (χ3n) is 4.03. The van der Waals surface area contributed by atoms with Crippen molar-refractivity contribution in [3.8, 4) is 17.6 Å². The van der Waals surface area contributed by atoms with Gasteiger partial charge in [-0.25, -0.2) is 0 Å². The van der Waals surface area contributed by atoms with Gasteiger partial charge in [-0.2, -0.15) is 5.26 Å². The van der Waals surface area contributed by atoms with Crippen LogP contribution in [0.5, 0.6) is 11.5 Å². The molecule has 1 aliphatic rings. The largest absolute Gasteiger partial charge is 0.497 e. The second-order valence-electron chi connectivity index (χ2n) is 5.11. The summed E-state index contributed by atoms with van der Waals surface area (Å²) in [6, 6.07) is 8.19. The molecule has 102 valence electrons. The maximum absolute atomic E-state index is 9.57. The van der Waals surface area contributed by atoms with Crippen LogP contribution in [0, 0.1) is 17.2 Å². The number of ether oxygens (including phenoxy) is 2. The highest BCUT2D eigenvalue weighted by atomic mass is 16.5. The molecule has 1 aliphatic carbocycles. The van der Waals surface area contributed by atoms with E-state index >= 15 is 0 Å². The lowest BCUT2D eigenvalue weighted by Gasteiger charge is -2.27. The van der Waals surface area contributed by atoms with Gasteiger partial charge in [0.1, 0.15) is 11.5 Å². The zero-order valence-electron chi connectivity index (χ0n) is 11.7. The molecule has 1 aromatic carbocycles. The predicted octanol–water partition coefficient (Wildman–Crippen LogP) is 3.89. The van der Waals surface area contributed by atoms with Crippen molar-refractivity contribution >= 4 is 0 Å². The van der Waals surface area contributed by atoms with Crippen molar-refractivity contribution in [3.05, 3.63) is 23.8 Å². The summed E-state index contributed by atoms with van der Waals surface area (Å²) in [5.74, 6) is 1.93. The first kappa shape index (κ1) is 13.7. The fourth-order valence-corrected chi connectivity index (χ4v) is 2.98. The monoisotopic (exact) mass is 259 g/mol. The normalized spacial score (nSPS) is 17.5. The summed E-state index contributed by atoms with van der Waals surface area (Å²) >= 11 is 0. The third kappa shape index (κ3) is 3.01. The lowest BCUT2D eigenvalue weighted by molar-refractivity contribution is 0.326. The van der Waals surface area contributed by atoms with Crippen molar-refractivity contribution in [3.63, 3.8) is 0 Å². The fourth-order valence-electron chi connectivity index (χ4n) is 2.98. The minimum atomic E-state index is -0.0923. The van der Waals surface area contributed by atoms with Gasteiger partial charge in [-0.1, -0.05) is 19.3 Å². The van der Waals surface area contributed by atoms with E-state index in [0.29, 0.717) is 5.92 Å². The van der Waals surface area contributed by atoms with Gasteiger partial charge >= 0.3 is 0 Å². The number of nitriles is 1. The molecule has 0 aliphatic heterocycles. The molecule has 0 heterocycles. The van der Waals surface area contributed by atoms with E-state index in [1.54, 1.807) is 14.2 Å². The first-order chi connectivity index (χ1) is 9.30. The second-order valence-corrected chi connectivity index (χ2v) is 5.11. The van der Waals surface area contributed by atoms with E-state index in [1.165, 1.54) is 19.3 Å². The molecule has 2 rings (SSSR count). The number of hydrogen-bond donors (Lipinski definition) is 0. The highest BCUT2D eigenvalue weighted by Gasteiger charge is 2.27. The Balaban J connectivity index is 2.33. The molecule has 3 heteroatoms. The fraction of sp³-hybridized carbons (Fsp3) is 0.562. The zero-order valence-corrected chi connectivity index (χ0v) is 11.7. The molecule has 0 spiro atoms. The Hall–Kier alpha value is -1.69. The van der Waals surface area contributed by atoms with Crippen LogP contribution in [0.15, 0.2) is 18.2 Å². The highest BCUT2D eigenvalue weighted by molar-refractivity contribution is 5.45. The van der Waals surface area contributed by atoms with Crippen LogP contribution in [0.3, 0.4) is 0 Å². The molecule has 0 radical (unpaired) electrons. The van der Waals surface area contributed by atoms with Crippen molar-refractivity contribution in [1.29, 1.82) is 5.26 Å². The first-order valence-electron chi connectivity index (χ1n) is 6.91. The van der Waals surface area contributed by atoms with Crippen LogP contribution in [0.25, 0.3) is 0 Å². The van der Waals surface area contributed by atoms with Crippen LogP contribution in [-0.2, 0) is 0 Å². The molecular formula is C16H21NO2. The van der Waals surface area contributed by atoms with Gasteiger partial charge in [-0.05, 0) is 37.0 Å². The smallest absolute Gasteiger partial charge is 0.123 e. The lowest BCUT2D eigenvalue weighted by Crippen LogP contribution is -2.16. The van der Waals surface area contributed by atoms with Gasteiger partial charge in [0, 0.05) is 5.56 Å². The Kier molecular flexibility index (Phi) is 4.68. The topological polar surface area (TPSA) is 42.2 Å². The van der Waals surface area contributed by atoms with E-state index in [1.807, 2.05) is 18.2 Å². The van der Waals surface area contributed by atoms with Gasteiger partial charge in [-0.15, -0.1) is 0 Å². The van der Waals surface area contributed by atoms with Crippen LogP contribution in [0.1, 0.15) is 43.6 Å². The Morgan fingerprint density at radius 1 is 1.16 bits per heavy atom. The number of methoxy groups -OCH3 is 2. The summed E-state index contributed by atoms with van der Waals surface area (Å²) in [5.41, 5.74) is 0.969. The molecule has 1 aromatic rings. The molecule has 19 heavy (non-hydrogen) atoms. The van der Waals surface area contributed by atoms with Gasteiger partial charge in [0.15, 0.2) is 0 Å². The maximum Gasteiger partial charge on any atom is 0.123 e. The molecule has 0 bridgehead atoms. The van der Waals surface area contributed by atoms with Crippen molar-refractivity contribution in [1.82, 2.24) is 0 Å². The molecule has 1 fully saturated rings. The minimum absolute atomic E-state index is 0.0923. The van der Waals surface area contributed by atoms with Crippen LogP contribution in [-0.4, -0.2) is 14.2 Å². The first-order valence-corrected chi connectivity index (χ1v) is 6.91. The zero-order chi connectivity index (χ0) is 13.7. The van der Waals surface area contributed by atoms with Gasteiger partial charge < -0.3 is 9.47 Å². The molecule has 3 nitrogen and oxygen atoms in total. The van der Waals surface area contributed by atoms with Gasteiger partial charge in [0.2, 0.25) is 0 Å². The number of benzene rings is 1. The van der Waals surface area contributed by atoms with Crippen molar-refractivity contribution in [2.24, 2.45) is 5.92 Å². The molecular weight excluding hydrogens is 238 g/mol. The van der Waals surface area contributed by atoms with Crippen LogP contribution >= 0.6 is 0 Å². The Morgan fingerprint density at radius 2 is 1.89 bits per heavy atom. The summed E-state index contributed by atoms with van der Waals surface area (Å²) in [6.07, 6.45) is 6.03. The standard InChI is InChI=1S/C16H21NO2/c1-18-13-8-9-16(19-2)14(10-13)15(11-17)12-6-4-3-5-7-12/h8-10,12,15H,3-7H2,1-2H3. The van der Waals surface area contributed by atoms with Gasteiger partial charge in [0.05, 0.1) is 26.2 Å². The van der Waals surface area contributed by atoms with E-state index in [9.17, 15) is 5.26 Å². The molecule has 1 unspecified atom stereocenters. The molecule has 0 saturated heterocycles. The lowest BCUT2D eigenvalue weighted by atomic mass is 9.77. The summed E-state index contributed by atoms with van der Waals surface area (Å²) < 4.78 is 10.7. The Labute approximate surface area is 115 Å². The van der Waals surface area contributed by atoms with E-state index < -0.39 is 0 Å². The van der Waals surface area contributed by atoms with Gasteiger partial charge in [0.25, 0.3) is 0 Å². The van der Waals surface area contributed by atoms with Crippen molar-refractivity contribution in [2.75, 3.05) is 14.2 Å². The van der Waals surface area contributed by atoms with Crippen molar-refractivity contribution < 1.29 is 9.47 Å². The average Bonchev–Trinajstić information content (AvgIpc) is 2.49. The van der Waals surface area contributed by atoms with Crippen LogP contribution in [0.4, 0.5) is 0 Å². The van der Waals surface area contributed by atoms with E-state index in [2.05, 4.69) is 6.07 Å². The SMILES string of the molecule is COc1ccc(OC)c(C(C#N)C2CCCCC2)c1. The summed E-state index contributed by atoms with van der Waals surface area (Å²) in [6.45, 7) is 0. The number of nitrogens with zero attached hydrogens (tertiary/aromatic N) is 1. The van der Waals surface area contributed by atoms with E-state index in [4.69, 9.17) is 9.47 Å². The molecule has 0 N–H and O–H groups in total. The van der Waals surface area contributed by atoms with E-state index in [0.717, 1.165) is 29.9 Å². The molecule has 1 atom stereocenters. The molecule has 0 aromatic heterocycles. The van der Waals surface area contributed by atoms with Gasteiger partial charge in [-0.3, -0.25) is 0 Å². The van der Waals surface area contributed by atoms with Crippen LogP contribution < -0.4 is 9.47 Å². The Morgan fingerprint density at radius 3 is 2.47 bits per heavy atom. The highest BCUT2D eigenvalue weighted by Crippen LogP contribution is 2.40. The summed E-state index contributed by atoms with van der Waals surface area (Å²) in [7, 11) is 3.30. The second kappa shape index (κ2) is 6.47. The average molecular weight is 259 g/mol.